The maximum absolute atomic E-state index is 15.4. The van der Waals surface area contributed by atoms with Crippen molar-refractivity contribution in [3.63, 3.8) is 0 Å². The van der Waals surface area contributed by atoms with E-state index in [1.54, 1.807) is 0 Å². The van der Waals surface area contributed by atoms with Crippen LogP contribution in [0.4, 0.5) is 17.6 Å². The summed E-state index contributed by atoms with van der Waals surface area (Å²) in [5.41, 5.74) is 1.68. The van der Waals surface area contributed by atoms with Gasteiger partial charge in [-0.3, -0.25) is 0 Å². The van der Waals surface area contributed by atoms with Crippen molar-refractivity contribution < 1.29 is 22.3 Å². The summed E-state index contributed by atoms with van der Waals surface area (Å²) >= 11 is 0. The van der Waals surface area contributed by atoms with Crippen LogP contribution in [0.15, 0.2) is 43.0 Å². The molecule has 30 heavy (non-hydrogen) atoms. The molecule has 0 spiro atoms. The summed E-state index contributed by atoms with van der Waals surface area (Å²) in [6, 6.07) is 6.96. The van der Waals surface area contributed by atoms with E-state index in [0.717, 1.165) is 44.1 Å². The smallest absolute Gasteiger partial charge is 0.387 e. The minimum Gasteiger partial charge on any atom is -0.435 e. The summed E-state index contributed by atoms with van der Waals surface area (Å²) in [6.07, 6.45) is 8.83. The maximum Gasteiger partial charge on any atom is 0.387 e. The van der Waals surface area contributed by atoms with Gasteiger partial charge in [-0.1, -0.05) is 18.2 Å². The van der Waals surface area contributed by atoms with Gasteiger partial charge in [-0.05, 0) is 97.6 Å². The molecular weight excluding hydrogens is 392 g/mol. The lowest BCUT2D eigenvalue weighted by molar-refractivity contribution is -0.0498. The zero-order valence-corrected chi connectivity index (χ0v) is 16.9. The highest BCUT2D eigenvalue weighted by atomic mass is 19.3. The van der Waals surface area contributed by atoms with Gasteiger partial charge in [0.05, 0.1) is 5.56 Å². The van der Waals surface area contributed by atoms with Crippen molar-refractivity contribution in [1.82, 2.24) is 0 Å². The summed E-state index contributed by atoms with van der Waals surface area (Å²) in [5, 5.41) is 0. The van der Waals surface area contributed by atoms with E-state index >= 15 is 8.78 Å². The van der Waals surface area contributed by atoms with Gasteiger partial charge in [0.25, 0.3) is 0 Å². The minimum absolute atomic E-state index is 0.0383. The highest BCUT2D eigenvalue weighted by molar-refractivity contribution is 5.68. The second kappa shape index (κ2) is 8.83. The third kappa shape index (κ3) is 4.12. The summed E-state index contributed by atoms with van der Waals surface area (Å²) in [4.78, 5) is 0. The first-order valence-electron chi connectivity index (χ1n) is 10.6. The lowest BCUT2D eigenvalue weighted by atomic mass is 9.64. The van der Waals surface area contributed by atoms with Gasteiger partial charge in [0.1, 0.15) is 17.4 Å². The van der Waals surface area contributed by atoms with E-state index in [-0.39, 0.29) is 17.2 Å². The molecule has 160 valence electrons. The van der Waals surface area contributed by atoms with E-state index < -0.39 is 18.2 Å². The minimum atomic E-state index is -2.94. The Bertz CT molecular complexity index is 906. The number of hydrogen-bond donors (Lipinski definition) is 0. The Balaban J connectivity index is 1.60. The van der Waals surface area contributed by atoms with Crippen LogP contribution in [0.5, 0.6) is 5.75 Å². The van der Waals surface area contributed by atoms with Crippen LogP contribution in [0.2, 0.25) is 0 Å². The van der Waals surface area contributed by atoms with Crippen LogP contribution >= 0.6 is 0 Å². The first-order valence-corrected chi connectivity index (χ1v) is 10.6. The summed E-state index contributed by atoms with van der Waals surface area (Å²) in [6.45, 7) is 0.865. The fraction of sp³-hybridized carbons (Fsp3) is 0.440. The molecule has 0 aliphatic heterocycles. The van der Waals surface area contributed by atoms with E-state index in [2.05, 4.69) is 11.3 Å². The third-order valence-corrected chi connectivity index (χ3v) is 6.76. The molecule has 2 aromatic rings. The fourth-order valence-electron chi connectivity index (χ4n) is 5.37. The number of rotatable bonds is 6. The van der Waals surface area contributed by atoms with E-state index in [4.69, 9.17) is 0 Å². The first kappa shape index (κ1) is 21.0. The molecule has 3 unspecified atom stereocenters. The van der Waals surface area contributed by atoms with Gasteiger partial charge >= 0.3 is 6.61 Å². The van der Waals surface area contributed by atoms with E-state index in [1.807, 2.05) is 6.08 Å². The van der Waals surface area contributed by atoms with Gasteiger partial charge in [-0.15, -0.1) is 6.58 Å². The van der Waals surface area contributed by atoms with E-state index in [9.17, 15) is 8.78 Å². The number of hydrogen-bond acceptors (Lipinski definition) is 1. The molecule has 1 nitrogen and oxygen atoms in total. The highest BCUT2D eigenvalue weighted by Gasteiger charge is 2.37. The quantitative estimate of drug-likeness (QED) is 0.346. The van der Waals surface area contributed by atoms with Crippen molar-refractivity contribution in [2.45, 2.75) is 57.5 Å². The van der Waals surface area contributed by atoms with Crippen LogP contribution in [0, 0.1) is 23.5 Å². The average molecular weight is 418 g/mol. The molecule has 0 bridgehead atoms. The van der Waals surface area contributed by atoms with Gasteiger partial charge in [-0.2, -0.15) is 8.78 Å². The molecule has 5 heteroatoms. The Hall–Kier alpha value is -2.30. The Morgan fingerprint density at radius 2 is 1.87 bits per heavy atom. The number of alkyl halides is 2. The lowest BCUT2D eigenvalue weighted by Crippen LogP contribution is -2.29. The molecule has 0 heterocycles. The summed E-state index contributed by atoms with van der Waals surface area (Å²) in [7, 11) is 0. The van der Waals surface area contributed by atoms with Crippen LogP contribution in [0.3, 0.4) is 0 Å². The Kier molecular flexibility index (Phi) is 6.16. The molecule has 0 radical (unpaired) electrons. The Labute approximate surface area is 174 Å². The molecule has 2 aromatic carbocycles. The first-order chi connectivity index (χ1) is 14.5. The molecule has 1 saturated carbocycles. The van der Waals surface area contributed by atoms with Crippen molar-refractivity contribution in [2.24, 2.45) is 11.8 Å². The number of benzene rings is 2. The van der Waals surface area contributed by atoms with Gasteiger partial charge < -0.3 is 4.74 Å². The van der Waals surface area contributed by atoms with Gasteiger partial charge in [0.15, 0.2) is 0 Å². The predicted molar refractivity (Wildman–Crippen MR) is 110 cm³/mol. The van der Waals surface area contributed by atoms with Crippen molar-refractivity contribution in [2.75, 3.05) is 0 Å². The largest absolute Gasteiger partial charge is 0.435 e. The van der Waals surface area contributed by atoms with Crippen LogP contribution in [-0.2, 0) is 6.42 Å². The summed E-state index contributed by atoms with van der Waals surface area (Å²) in [5.74, 6) is 0.227. The fourth-order valence-corrected chi connectivity index (χ4v) is 5.37. The molecule has 0 N–H and O–H groups in total. The number of halogens is 4. The van der Waals surface area contributed by atoms with Crippen molar-refractivity contribution >= 4 is 0 Å². The molecule has 0 aromatic heterocycles. The van der Waals surface area contributed by atoms with Gasteiger partial charge in [0, 0.05) is 0 Å². The maximum atomic E-state index is 15.4. The van der Waals surface area contributed by atoms with Crippen LogP contribution in [0.25, 0.3) is 11.1 Å². The van der Waals surface area contributed by atoms with Crippen molar-refractivity contribution in [1.29, 1.82) is 0 Å². The third-order valence-electron chi connectivity index (χ3n) is 6.76. The second-order valence-electron chi connectivity index (χ2n) is 8.47. The molecule has 3 atom stereocenters. The van der Waals surface area contributed by atoms with Crippen LogP contribution in [-0.4, -0.2) is 6.61 Å². The normalized spacial score (nSPS) is 23.0. The monoisotopic (exact) mass is 418 g/mol. The van der Waals surface area contributed by atoms with Crippen molar-refractivity contribution in [3.8, 4) is 16.9 Å². The van der Waals surface area contributed by atoms with Gasteiger partial charge in [0.2, 0.25) is 0 Å². The highest BCUT2D eigenvalue weighted by Crippen LogP contribution is 2.49. The molecule has 4 rings (SSSR count). The molecular formula is C25H26F4O. The Morgan fingerprint density at radius 3 is 2.57 bits per heavy atom. The molecule has 2 aliphatic rings. The topological polar surface area (TPSA) is 9.23 Å². The average Bonchev–Trinajstić information content (AvgIpc) is 2.72. The SMILES string of the molecule is C=CCCC1CCC2c3cc(F)c(-c4ccc(OC(F)F)cc4)c(F)c3CCC2C1. The van der Waals surface area contributed by atoms with Crippen LogP contribution < -0.4 is 4.74 Å². The number of ether oxygens (including phenoxy) is 1. The molecule has 0 saturated heterocycles. The lowest BCUT2D eigenvalue weighted by Gasteiger charge is -2.41. The second-order valence-corrected chi connectivity index (χ2v) is 8.47. The zero-order valence-electron chi connectivity index (χ0n) is 16.9. The Morgan fingerprint density at radius 1 is 1.10 bits per heavy atom. The van der Waals surface area contributed by atoms with E-state index in [1.165, 1.54) is 30.3 Å². The predicted octanol–water partition coefficient (Wildman–Crippen LogP) is 7.65. The summed E-state index contributed by atoms with van der Waals surface area (Å²) < 4.78 is 59.4. The standard InChI is InChI=1S/C25H26F4O/c1-2-3-4-15-5-11-19-17(13-15)8-12-20-21(19)14-22(26)23(24(20)27)16-6-9-18(10-7-16)30-25(28)29/h2,6-7,9-10,14-15,17,19,25H,1,3-5,8,11-13H2. The van der Waals surface area contributed by atoms with Crippen molar-refractivity contribution in [3.05, 3.63) is 65.7 Å². The number of allylic oxidation sites excluding steroid dienone is 1. The van der Waals surface area contributed by atoms with Crippen LogP contribution in [0.1, 0.15) is 55.6 Å². The van der Waals surface area contributed by atoms with Gasteiger partial charge in [-0.25, -0.2) is 8.78 Å². The van der Waals surface area contributed by atoms with E-state index in [0.29, 0.717) is 29.4 Å². The molecule has 1 fully saturated rings. The number of fused-ring (bicyclic) bond motifs is 3. The molecule has 2 aliphatic carbocycles. The zero-order chi connectivity index (χ0) is 21.3. The molecule has 0 amide bonds.